The fourth-order valence-electron chi connectivity index (χ4n) is 4.07. The molecule has 5 heteroatoms. The lowest BCUT2D eigenvalue weighted by molar-refractivity contribution is 0.0700. The predicted molar refractivity (Wildman–Crippen MR) is 105 cm³/mol. The molecule has 1 heterocycles. The SMILES string of the molecule is O=Cc1cc(Br)ccc1O[C@H]1C[C@@H]2CN(Cc3ccccc3)[C@H]1[C@@H]2Br. The number of ether oxygens (including phenoxy) is 1. The highest BCUT2D eigenvalue weighted by Crippen LogP contribution is 2.44. The molecular weight excluding hydrogens is 446 g/mol. The quantitative estimate of drug-likeness (QED) is 0.475. The van der Waals surface area contributed by atoms with Crippen LogP contribution in [0.2, 0.25) is 0 Å². The molecule has 2 aromatic rings. The van der Waals surface area contributed by atoms with E-state index in [0.717, 1.165) is 30.3 Å². The average molecular weight is 465 g/mol. The third-order valence-electron chi connectivity index (χ3n) is 5.19. The molecule has 0 aromatic heterocycles. The number of alkyl halides is 1. The summed E-state index contributed by atoms with van der Waals surface area (Å²) < 4.78 is 7.19. The van der Waals surface area contributed by atoms with Crippen molar-refractivity contribution in [1.29, 1.82) is 0 Å². The minimum Gasteiger partial charge on any atom is -0.488 e. The van der Waals surface area contributed by atoms with Gasteiger partial charge in [-0.25, -0.2) is 0 Å². The second-order valence-corrected chi connectivity index (χ2v) is 8.78. The van der Waals surface area contributed by atoms with Crippen molar-refractivity contribution in [2.75, 3.05) is 6.54 Å². The first-order valence-electron chi connectivity index (χ1n) is 8.49. The zero-order valence-electron chi connectivity index (χ0n) is 13.6. The van der Waals surface area contributed by atoms with Crippen LogP contribution in [0, 0.1) is 5.92 Å². The maximum absolute atomic E-state index is 11.4. The van der Waals surface area contributed by atoms with E-state index in [9.17, 15) is 4.79 Å². The summed E-state index contributed by atoms with van der Waals surface area (Å²) in [5.74, 6) is 1.27. The van der Waals surface area contributed by atoms with Crippen LogP contribution in [0.5, 0.6) is 5.75 Å². The number of aldehydes is 1. The van der Waals surface area contributed by atoms with Gasteiger partial charge < -0.3 is 4.74 Å². The average Bonchev–Trinajstić information content (AvgIpc) is 3.08. The molecule has 2 bridgehead atoms. The highest BCUT2D eigenvalue weighted by Gasteiger charge is 2.52. The van der Waals surface area contributed by atoms with E-state index in [1.807, 2.05) is 24.3 Å². The van der Waals surface area contributed by atoms with Gasteiger partial charge in [0.1, 0.15) is 11.9 Å². The first kappa shape index (κ1) is 17.3. The third-order valence-corrected chi connectivity index (χ3v) is 6.97. The predicted octanol–water partition coefficient (Wildman–Crippen LogP) is 4.68. The molecule has 1 aliphatic heterocycles. The van der Waals surface area contributed by atoms with Gasteiger partial charge in [-0.3, -0.25) is 9.69 Å². The van der Waals surface area contributed by atoms with Crippen LogP contribution in [0.25, 0.3) is 0 Å². The molecule has 0 N–H and O–H groups in total. The van der Waals surface area contributed by atoms with Crippen molar-refractivity contribution >= 4 is 38.1 Å². The summed E-state index contributed by atoms with van der Waals surface area (Å²) >= 11 is 7.30. The minimum absolute atomic E-state index is 0.103. The van der Waals surface area contributed by atoms with Gasteiger partial charge in [0.05, 0.1) is 11.6 Å². The van der Waals surface area contributed by atoms with Crippen molar-refractivity contribution in [3.05, 3.63) is 64.1 Å². The fraction of sp³-hybridized carbons (Fsp3) is 0.350. The molecule has 2 aliphatic rings. The Kier molecular flexibility index (Phi) is 4.98. The molecule has 130 valence electrons. The topological polar surface area (TPSA) is 29.5 Å². The molecule has 0 radical (unpaired) electrons. The summed E-state index contributed by atoms with van der Waals surface area (Å²) in [6.07, 6.45) is 1.99. The number of carbonyl (C=O) groups is 1. The molecule has 25 heavy (non-hydrogen) atoms. The number of hydrogen-bond acceptors (Lipinski definition) is 3. The van der Waals surface area contributed by atoms with E-state index in [2.05, 4.69) is 61.0 Å². The van der Waals surface area contributed by atoms with Crippen molar-refractivity contribution in [3.8, 4) is 5.75 Å². The molecule has 1 saturated heterocycles. The molecule has 4 rings (SSSR count). The van der Waals surface area contributed by atoms with Crippen LogP contribution in [0.4, 0.5) is 0 Å². The van der Waals surface area contributed by atoms with E-state index < -0.39 is 0 Å². The van der Waals surface area contributed by atoms with Crippen LogP contribution in [-0.4, -0.2) is 34.7 Å². The Hall–Kier alpha value is -1.17. The molecule has 3 nitrogen and oxygen atoms in total. The molecule has 0 unspecified atom stereocenters. The van der Waals surface area contributed by atoms with Crippen LogP contribution in [0.3, 0.4) is 0 Å². The van der Waals surface area contributed by atoms with Crippen LogP contribution < -0.4 is 4.74 Å². The second kappa shape index (κ2) is 7.22. The molecule has 1 saturated carbocycles. The summed E-state index contributed by atoms with van der Waals surface area (Å²) in [5.41, 5.74) is 1.92. The summed E-state index contributed by atoms with van der Waals surface area (Å²) in [7, 11) is 0. The monoisotopic (exact) mass is 463 g/mol. The normalized spacial score (nSPS) is 28.2. The Morgan fingerprint density at radius 1 is 1.20 bits per heavy atom. The summed E-state index contributed by atoms with van der Waals surface area (Å²) in [4.78, 5) is 14.3. The summed E-state index contributed by atoms with van der Waals surface area (Å²) in [6, 6.07) is 16.5. The van der Waals surface area contributed by atoms with E-state index in [0.29, 0.717) is 28.1 Å². The van der Waals surface area contributed by atoms with Gasteiger partial charge in [0.25, 0.3) is 0 Å². The lowest BCUT2D eigenvalue weighted by Gasteiger charge is -2.33. The van der Waals surface area contributed by atoms with Crippen LogP contribution >= 0.6 is 31.9 Å². The maximum atomic E-state index is 11.4. The van der Waals surface area contributed by atoms with E-state index in [1.165, 1.54) is 5.56 Å². The Balaban J connectivity index is 1.53. The van der Waals surface area contributed by atoms with Gasteiger partial charge in [0.2, 0.25) is 0 Å². The number of rotatable bonds is 5. The Morgan fingerprint density at radius 2 is 2.00 bits per heavy atom. The van der Waals surface area contributed by atoms with Gasteiger partial charge in [-0.2, -0.15) is 0 Å². The van der Waals surface area contributed by atoms with E-state index in [-0.39, 0.29) is 6.10 Å². The number of halogens is 2. The second-order valence-electron chi connectivity index (χ2n) is 6.80. The zero-order chi connectivity index (χ0) is 17.4. The number of fused-ring (bicyclic) bond motifs is 2. The van der Waals surface area contributed by atoms with Gasteiger partial charge >= 0.3 is 0 Å². The Morgan fingerprint density at radius 3 is 2.72 bits per heavy atom. The molecule has 0 spiro atoms. The maximum Gasteiger partial charge on any atom is 0.153 e. The Labute approximate surface area is 164 Å². The summed E-state index contributed by atoms with van der Waals surface area (Å²) in [5, 5.41) is 0. The van der Waals surface area contributed by atoms with Crippen LogP contribution in [0.15, 0.2) is 53.0 Å². The van der Waals surface area contributed by atoms with Crippen molar-refractivity contribution in [2.24, 2.45) is 5.92 Å². The molecule has 0 amide bonds. The van der Waals surface area contributed by atoms with Gasteiger partial charge in [0, 0.05) is 22.4 Å². The first-order chi connectivity index (χ1) is 12.2. The minimum atomic E-state index is 0.103. The molecule has 2 aromatic carbocycles. The number of hydrogen-bond donors (Lipinski definition) is 0. The van der Waals surface area contributed by atoms with Gasteiger partial charge in [-0.15, -0.1) is 0 Å². The number of likely N-dealkylation sites (tertiary alicyclic amines) is 1. The van der Waals surface area contributed by atoms with Crippen molar-refractivity contribution < 1.29 is 9.53 Å². The smallest absolute Gasteiger partial charge is 0.153 e. The molecular formula is C20H19Br2NO2. The lowest BCUT2D eigenvalue weighted by atomic mass is 10.1. The van der Waals surface area contributed by atoms with E-state index in [4.69, 9.17) is 4.74 Å². The number of carbonyl (C=O) groups excluding carboxylic acids is 1. The lowest BCUT2D eigenvalue weighted by Crippen LogP contribution is -2.44. The Bertz CT molecular complexity index is 768. The van der Waals surface area contributed by atoms with Crippen molar-refractivity contribution in [1.82, 2.24) is 4.90 Å². The van der Waals surface area contributed by atoms with Gasteiger partial charge in [-0.05, 0) is 36.1 Å². The van der Waals surface area contributed by atoms with E-state index in [1.54, 1.807) is 0 Å². The summed E-state index contributed by atoms with van der Waals surface area (Å²) in [6.45, 7) is 2.03. The number of benzene rings is 2. The van der Waals surface area contributed by atoms with Gasteiger partial charge in [-0.1, -0.05) is 62.2 Å². The third kappa shape index (κ3) is 3.42. The van der Waals surface area contributed by atoms with Crippen LogP contribution in [-0.2, 0) is 6.54 Å². The zero-order valence-corrected chi connectivity index (χ0v) is 16.8. The largest absolute Gasteiger partial charge is 0.488 e. The number of nitrogens with zero attached hydrogens (tertiary/aromatic N) is 1. The molecule has 2 fully saturated rings. The fourth-order valence-corrected chi connectivity index (χ4v) is 5.51. The number of piperidine rings is 1. The van der Waals surface area contributed by atoms with Gasteiger partial charge in [0.15, 0.2) is 6.29 Å². The highest BCUT2D eigenvalue weighted by atomic mass is 79.9. The molecule has 4 atom stereocenters. The first-order valence-corrected chi connectivity index (χ1v) is 10.2. The highest BCUT2D eigenvalue weighted by molar-refractivity contribution is 9.10. The van der Waals surface area contributed by atoms with Crippen LogP contribution in [0.1, 0.15) is 22.3 Å². The molecule has 1 aliphatic carbocycles. The van der Waals surface area contributed by atoms with E-state index >= 15 is 0 Å². The van der Waals surface area contributed by atoms with Crippen molar-refractivity contribution in [2.45, 2.75) is 29.9 Å². The standard InChI is InChI=1S/C20H19Br2NO2/c21-16-6-7-17(15(8-16)12-24)25-18-9-14-11-23(20(18)19(14)22)10-13-4-2-1-3-5-13/h1-8,12,14,18-20H,9-11H2/t14-,18+,19-,20-/m1/s1. The van der Waals surface area contributed by atoms with Crippen molar-refractivity contribution in [3.63, 3.8) is 0 Å².